The molecule has 1 aromatic carbocycles. The molecule has 1 aromatic rings. The molecule has 2 unspecified atom stereocenters. The molecule has 0 saturated carbocycles. The Morgan fingerprint density at radius 1 is 1.50 bits per heavy atom. The van der Waals surface area contributed by atoms with Crippen LogP contribution in [0.1, 0.15) is 20.3 Å². The summed E-state index contributed by atoms with van der Waals surface area (Å²) in [6.07, 6.45) is 0.208. The fraction of sp³-hybridized carbons (Fsp3) is 0.462. The monoisotopic (exact) mass is 289 g/mol. The van der Waals surface area contributed by atoms with E-state index in [1.54, 1.807) is 31.2 Å². The minimum absolute atomic E-state index is 0.0235. The Hall–Kier alpha value is -0.930. The minimum Gasteiger partial charge on any atom is -0.481 e. The molecule has 0 aromatic heterocycles. The van der Waals surface area contributed by atoms with Crippen molar-refractivity contribution >= 4 is 29.1 Å². The highest BCUT2D eigenvalue weighted by atomic mass is 35.5. The largest absolute Gasteiger partial charge is 0.481 e. The fourth-order valence-electron chi connectivity index (χ4n) is 1.37. The van der Waals surface area contributed by atoms with Gasteiger partial charge in [0.15, 0.2) is 6.10 Å². The van der Waals surface area contributed by atoms with Gasteiger partial charge in [-0.15, -0.1) is 11.6 Å². The summed E-state index contributed by atoms with van der Waals surface area (Å²) in [5, 5.41) is 3.40. The first-order chi connectivity index (χ1) is 8.56. The van der Waals surface area contributed by atoms with Crippen molar-refractivity contribution in [1.82, 2.24) is 5.32 Å². The number of carbonyl (C=O) groups is 1. The highest BCUT2D eigenvalue weighted by Crippen LogP contribution is 2.18. The van der Waals surface area contributed by atoms with Crippen LogP contribution in [0.15, 0.2) is 24.3 Å². The standard InChI is InChI=1S/C13H17Cl2NO2/c1-3-11(8-14)16-13(17)9(2)18-12-6-4-5-10(15)7-12/h4-7,9,11H,3,8H2,1-2H3,(H,16,17). The van der Waals surface area contributed by atoms with Crippen LogP contribution in [0.2, 0.25) is 5.02 Å². The quantitative estimate of drug-likeness (QED) is 0.817. The van der Waals surface area contributed by atoms with Gasteiger partial charge in [0.2, 0.25) is 0 Å². The Morgan fingerprint density at radius 3 is 2.78 bits per heavy atom. The third-order valence-electron chi connectivity index (χ3n) is 2.50. The first-order valence-electron chi connectivity index (χ1n) is 5.85. The topological polar surface area (TPSA) is 38.3 Å². The highest BCUT2D eigenvalue weighted by Gasteiger charge is 2.17. The maximum Gasteiger partial charge on any atom is 0.261 e. The van der Waals surface area contributed by atoms with Gasteiger partial charge in [-0.05, 0) is 31.5 Å². The second-order valence-corrected chi connectivity index (χ2v) is 4.73. The fourth-order valence-corrected chi connectivity index (χ4v) is 1.84. The van der Waals surface area contributed by atoms with Crippen LogP contribution in [0.5, 0.6) is 5.75 Å². The Bertz CT molecular complexity index is 394. The maximum atomic E-state index is 11.8. The lowest BCUT2D eigenvalue weighted by Crippen LogP contribution is -2.43. The predicted molar refractivity (Wildman–Crippen MR) is 74.5 cm³/mol. The van der Waals surface area contributed by atoms with Gasteiger partial charge in [0, 0.05) is 16.9 Å². The first-order valence-corrected chi connectivity index (χ1v) is 6.76. The normalized spacial score (nSPS) is 13.8. The Kier molecular flexibility index (Phi) is 6.30. The zero-order valence-corrected chi connectivity index (χ0v) is 12.0. The van der Waals surface area contributed by atoms with E-state index in [1.807, 2.05) is 6.92 Å². The molecule has 1 amide bonds. The molecule has 0 aliphatic carbocycles. The van der Waals surface area contributed by atoms with Crippen LogP contribution in [0, 0.1) is 0 Å². The second kappa shape index (κ2) is 7.49. The van der Waals surface area contributed by atoms with Gasteiger partial charge in [0.25, 0.3) is 5.91 Å². The van der Waals surface area contributed by atoms with Gasteiger partial charge in [-0.2, -0.15) is 0 Å². The molecule has 18 heavy (non-hydrogen) atoms. The second-order valence-electron chi connectivity index (χ2n) is 3.99. The Morgan fingerprint density at radius 2 is 2.22 bits per heavy atom. The minimum atomic E-state index is -0.583. The van der Waals surface area contributed by atoms with E-state index in [4.69, 9.17) is 27.9 Å². The van der Waals surface area contributed by atoms with Crippen molar-refractivity contribution in [3.05, 3.63) is 29.3 Å². The van der Waals surface area contributed by atoms with Gasteiger partial charge < -0.3 is 10.1 Å². The number of hydrogen-bond acceptors (Lipinski definition) is 2. The van der Waals surface area contributed by atoms with Crippen LogP contribution >= 0.6 is 23.2 Å². The van der Waals surface area contributed by atoms with E-state index in [1.165, 1.54) is 0 Å². The Labute approximate surface area is 117 Å². The molecule has 1 N–H and O–H groups in total. The molecule has 0 radical (unpaired) electrons. The number of alkyl halides is 1. The average Bonchev–Trinajstić information content (AvgIpc) is 2.35. The summed E-state index contributed by atoms with van der Waals surface area (Å²) < 4.78 is 5.51. The summed E-state index contributed by atoms with van der Waals surface area (Å²) in [6.45, 7) is 3.66. The molecular formula is C13H17Cl2NO2. The van der Waals surface area contributed by atoms with E-state index in [-0.39, 0.29) is 11.9 Å². The van der Waals surface area contributed by atoms with Crippen LogP contribution in [-0.2, 0) is 4.79 Å². The molecular weight excluding hydrogens is 273 g/mol. The van der Waals surface area contributed by atoms with Gasteiger partial charge in [-0.1, -0.05) is 24.6 Å². The molecule has 1 rings (SSSR count). The van der Waals surface area contributed by atoms with Crippen LogP contribution in [-0.4, -0.2) is 23.9 Å². The van der Waals surface area contributed by atoms with Gasteiger partial charge in [-0.25, -0.2) is 0 Å². The van der Waals surface area contributed by atoms with Crippen molar-refractivity contribution in [2.24, 2.45) is 0 Å². The number of halogens is 2. The molecule has 0 aliphatic rings. The van der Waals surface area contributed by atoms with Crippen LogP contribution in [0.3, 0.4) is 0 Å². The predicted octanol–water partition coefficient (Wildman–Crippen LogP) is 3.24. The summed E-state index contributed by atoms with van der Waals surface area (Å²) in [5.74, 6) is 0.790. The number of rotatable bonds is 6. The zero-order valence-electron chi connectivity index (χ0n) is 10.5. The van der Waals surface area contributed by atoms with E-state index in [0.717, 1.165) is 6.42 Å². The Balaban J connectivity index is 2.54. The number of ether oxygens (including phenoxy) is 1. The van der Waals surface area contributed by atoms with Gasteiger partial charge in [0.05, 0.1) is 0 Å². The number of amides is 1. The molecule has 100 valence electrons. The van der Waals surface area contributed by atoms with E-state index in [0.29, 0.717) is 16.7 Å². The number of benzene rings is 1. The van der Waals surface area contributed by atoms with Crippen LogP contribution in [0.25, 0.3) is 0 Å². The molecule has 0 bridgehead atoms. The number of hydrogen-bond donors (Lipinski definition) is 1. The molecule has 2 atom stereocenters. The number of nitrogens with one attached hydrogen (secondary N) is 1. The van der Waals surface area contributed by atoms with E-state index >= 15 is 0 Å². The lowest BCUT2D eigenvalue weighted by atomic mass is 10.2. The maximum absolute atomic E-state index is 11.8. The van der Waals surface area contributed by atoms with Crippen molar-refractivity contribution in [2.45, 2.75) is 32.4 Å². The molecule has 0 fully saturated rings. The zero-order chi connectivity index (χ0) is 13.5. The van der Waals surface area contributed by atoms with Crippen LogP contribution < -0.4 is 10.1 Å². The van der Waals surface area contributed by atoms with Gasteiger partial charge >= 0.3 is 0 Å². The van der Waals surface area contributed by atoms with Crippen LogP contribution in [0.4, 0.5) is 0 Å². The van der Waals surface area contributed by atoms with E-state index in [9.17, 15) is 4.79 Å². The SMILES string of the molecule is CCC(CCl)NC(=O)C(C)Oc1cccc(Cl)c1. The lowest BCUT2D eigenvalue weighted by Gasteiger charge is -2.18. The first kappa shape index (κ1) is 15.1. The molecule has 0 spiro atoms. The summed E-state index contributed by atoms with van der Waals surface area (Å²) in [7, 11) is 0. The summed E-state index contributed by atoms with van der Waals surface area (Å²) in [5.41, 5.74) is 0. The molecule has 0 aliphatic heterocycles. The van der Waals surface area contributed by atoms with Crippen molar-refractivity contribution in [3.63, 3.8) is 0 Å². The third kappa shape index (κ3) is 4.75. The third-order valence-corrected chi connectivity index (χ3v) is 3.11. The van der Waals surface area contributed by atoms with E-state index < -0.39 is 6.10 Å². The molecule has 3 nitrogen and oxygen atoms in total. The molecule has 5 heteroatoms. The van der Waals surface area contributed by atoms with Crippen molar-refractivity contribution in [1.29, 1.82) is 0 Å². The van der Waals surface area contributed by atoms with E-state index in [2.05, 4.69) is 5.32 Å². The van der Waals surface area contributed by atoms with Gasteiger partial charge in [0.1, 0.15) is 5.75 Å². The molecule has 0 saturated heterocycles. The summed E-state index contributed by atoms with van der Waals surface area (Å²) in [6, 6.07) is 6.93. The van der Waals surface area contributed by atoms with Crippen molar-refractivity contribution < 1.29 is 9.53 Å². The summed E-state index contributed by atoms with van der Waals surface area (Å²) in [4.78, 5) is 11.8. The average molecular weight is 290 g/mol. The van der Waals surface area contributed by atoms with Gasteiger partial charge in [-0.3, -0.25) is 4.79 Å². The smallest absolute Gasteiger partial charge is 0.261 e. The molecule has 0 heterocycles. The van der Waals surface area contributed by atoms with Crippen molar-refractivity contribution in [2.75, 3.05) is 5.88 Å². The highest BCUT2D eigenvalue weighted by molar-refractivity contribution is 6.30. The summed E-state index contributed by atoms with van der Waals surface area (Å²) >= 11 is 11.6. The van der Waals surface area contributed by atoms with Crippen molar-refractivity contribution in [3.8, 4) is 5.75 Å². The number of carbonyl (C=O) groups excluding carboxylic acids is 1. The lowest BCUT2D eigenvalue weighted by molar-refractivity contribution is -0.127.